The predicted molar refractivity (Wildman–Crippen MR) is 70.2 cm³/mol. The van der Waals surface area contributed by atoms with Gasteiger partial charge in [0.25, 0.3) is 0 Å². The maximum absolute atomic E-state index is 11.0. The van der Waals surface area contributed by atoms with Crippen molar-refractivity contribution in [3.8, 4) is 0 Å². The van der Waals surface area contributed by atoms with Crippen LogP contribution in [0.15, 0.2) is 24.5 Å². The van der Waals surface area contributed by atoms with E-state index in [1.54, 1.807) is 10.7 Å². The summed E-state index contributed by atoms with van der Waals surface area (Å²) in [7, 11) is 0. The summed E-state index contributed by atoms with van der Waals surface area (Å²) in [5, 5.41) is 13.1. The van der Waals surface area contributed by atoms with Crippen molar-refractivity contribution in [1.82, 2.24) is 14.6 Å². The van der Waals surface area contributed by atoms with Crippen LogP contribution < -0.4 is 4.90 Å². The Morgan fingerprint density at radius 2 is 2.32 bits per heavy atom. The van der Waals surface area contributed by atoms with Crippen LogP contribution in [0.25, 0.3) is 5.65 Å². The highest BCUT2D eigenvalue weighted by molar-refractivity contribution is 5.68. The van der Waals surface area contributed by atoms with Crippen molar-refractivity contribution < 1.29 is 9.90 Å². The molecular weight excluding hydrogens is 244 g/mol. The van der Waals surface area contributed by atoms with Gasteiger partial charge in [0.15, 0.2) is 5.65 Å². The SMILES string of the molecule is O=C(O)CC1CCCCN1c1ccn2nccc2n1. The van der Waals surface area contributed by atoms with Gasteiger partial charge in [-0.2, -0.15) is 5.10 Å². The Bertz CT molecular complexity index is 595. The quantitative estimate of drug-likeness (QED) is 0.906. The molecule has 1 atom stereocenters. The molecule has 100 valence electrons. The van der Waals surface area contributed by atoms with Crippen LogP contribution in [0, 0.1) is 0 Å². The average molecular weight is 260 g/mol. The largest absolute Gasteiger partial charge is 0.481 e. The molecule has 0 aromatic carbocycles. The van der Waals surface area contributed by atoms with Crippen molar-refractivity contribution in [2.75, 3.05) is 11.4 Å². The van der Waals surface area contributed by atoms with Gasteiger partial charge in [0.1, 0.15) is 5.82 Å². The Morgan fingerprint density at radius 1 is 1.42 bits per heavy atom. The highest BCUT2D eigenvalue weighted by Gasteiger charge is 2.25. The normalized spacial score (nSPS) is 19.8. The smallest absolute Gasteiger partial charge is 0.305 e. The second-order valence-electron chi connectivity index (χ2n) is 4.86. The Kier molecular flexibility index (Phi) is 3.06. The van der Waals surface area contributed by atoms with Gasteiger partial charge in [0.05, 0.1) is 12.6 Å². The van der Waals surface area contributed by atoms with Crippen molar-refractivity contribution in [3.05, 3.63) is 24.5 Å². The van der Waals surface area contributed by atoms with Crippen LogP contribution >= 0.6 is 0 Å². The number of piperidine rings is 1. The standard InChI is InChI=1S/C13H16N4O2/c18-13(19)9-10-3-1-2-7-16(10)11-5-8-17-12(15-11)4-6-14-17/h4-6,8,10H,1-3,7,9H2,(H,18,19). The van der Waals surface area contributed by atoms with E-state index in [0.29, 0.717) is 0 Å². The van der Waals surface area contributed by atoms with E-state index in [1.165, 1.54) is 0 Å². The van der Waals surface area contributed by atoms with Crippen molar-refractivity contribution in [3.63, 3.8) is 0 Å². The first kappa shape index (κ1) is 12.0. The molecule has 1 fully saturated rings. The molecular formula is C13H16N4O2. The molecule has 0 radical (unpaired) electrons. The third-order valence-electron chi connectivity index (χ3n) is 3.57. The lowest BCUT2D eigenvalue weighted by Gasteiger charge is -2.35. The number of hydrogen-bond acceptors (Lipinski definition) is 4. The topological polar surface area (TPSA) is 70.7 Å². The number of rotatable bonds is 3. The van der Waals surface area contributed by atoms with Gasteiger partial charge < -0.3 is 10.0 Å². The van der Waals surface area contributed by atoms with E-state index >= 15 is 0 Å². The van der Waals surface area contributed by atoms with Gasteiger partial charge in [-0.1, -0.05) is 0 Å². The van der Waals surface area contributed by atoms with E-state index in [9.17, 15) is 4.79 Å². The maximum Gasteiger partial charge on any atom is 0.305 e. The van der Waals surface area contributed by atoms with Crippen molar-refractivity contribution in [1.29, 1.82) is 0 Å². The number of aromatic nitrogens is 3. The van der Waals surface area contributed by atoms with Crippen LogP contribution in [0.1, 0.15) is 25.7 Å². The molecule has 2 aromatic rings. The summed E-state index contributed by atoms with van der Waals surface area (Å²) in [4.78, 5) is 17.6. The second kappa shape index (κ2) is 4.87. The molecule has 1 aliphatic rings. The van der Waals surface area contributed by atoms with E-state index < -0.39 is 5.97 Å². The summed E-state index contributed by atoms with van der Waals surface area (Å²) >= 11 is 0. The van der Waals surface area contributed by atoms with Crippen molar-refractivity contribution in [2.45, 2.75) is 31.7 Å². The van der Waals surface area contributed by atoms with Gasteiger partial charge in [-0.25, -0.2) is 9.50 Å². The molecule has 1 unspecified atom stereocenters. The molecule has 3 rings (SSSR count). The number of fused-ring (bicyclic) bond motifs is 1. The Balaban J connectivity index is 1.90. The molecule has 2 aromatic heterocycles. The van der Waals surface area contributed by atoms with Crippen molar-refractivity contribution >= 4 is 17.4 Å². The summed E-state index contributed by atoms with van der Waals surface area (Å²) in [5.41, 5.74) is 0.789. The number of hydrogen-bond donors (Lipinski definition) is 1. The fourth-order valence-electron chi connectivity index (χ4n) is 2.68. The van der Waals surface area contributed by atoms with Gasteiger partial charge >= 0.3 is 5.97 Å². The van der Waals surface area contributed by atoms with Gasteiger partial charge in [0, 0.05) is 24.8 Å². The van der Waals surface area contributed by atoms with Crippen LogP contribution in [0.2, 0.25) is 0 Å². The second-order valence-corrected chi connectivity index (χ2v) is 4.86. The first-order chi connectivity index (χ1) is 9.24. The van der Waals surface area contributed by atoms with Gasteiger partial charge in [-0.05, 0) is 25.3 Å². The van der Waals surface area contributed by atoms with Gasteiger partial charge in [-0.3, -0.25) is 4.79 Å². The molecule has 0 amide bonds. The fourth-order valence-corrected chi connectivity index (χ4v) is 2.68. The minimum atomic E-state index is -0.748. The molecule has 1 saturated heterocycles. The monoisotopic (exact) mass is 260 g/mol. The zero-order valence-electron chi connectivity index (χ0n) is 10.6. The molecule has 19 heavy (non-hydrogen) atoms. The van der Waals surface area contributed by atoms with Crippen LogP contribution in [0.4, 0.5) is 5.82 Å². The molecule has 1 aliphatic heterocycles. The molecule has 0 saturated carbocycles. The number of anilines is 1. The first-order valence-electron chi connectivity index (χ1n) is 6.53. The predicted octanol–water partition coefficient (Wildman–Crippen LogP) is 1.56. The first-order valence-corrected chi connectivity index (χ1v) is 6.53. The summed E-state index contributed by atoms with van der Waals surface area (Å²) in [6.07, 6.45) is 6.83. The van der Waals surface area contributed by atoms with Crippen LogP contribution in [0.3, 0.4) is 0 Å². The lowest BCUT2D eigenvalue weighted by Crippen LogP contribution is -2.41. The highest BCUT2D eigenvalue weighted by Crippen LogP contribution is 2.25. The molecule has 6 nitrogen and oxygen atoms in total. The number of aliphatic carboxylic acids is 1. The van der Waals surface area contributed by atoms with Crippen molar-refractivity contribution in [2.24, 2.45) is 0 Å². The number of carboxylic acids is 1. The summed E-state index contributed by atoms with van der Waals surface area (Å²) in [5.74, 6) is 0.0984. The third kappa shape index (κ3) is 2.38. The third-order valence-corrected chi connectivity index (χ3v) is 3.57. The Morgan fingerprint density at radius 3 is 3.16 bits per heavy atom. The van der Waals surface area contributed by atoms with E-state index in [2.05, 4.69) is 15.0 Å². The van der Waals surface area contributed by atoms with E-state index in [-0.39, 0.29) is 12.5 Å². The maximum atomic E-state index is 11.0. The van der Waals surface area contributed by atoms with Gasteiger partial charge in [0.2, 0.25) is 0 Å². The Labute approximate surface area is 110 Å². The van der Waals surface area contributed by atoms with E-state index in [4.69, 9.17) is 5.11 Å². The van der Waals surface area contributed by atoms with Crippen LogP contribution in [-0.4, -0.2) is 38.3 Å². The minimum absolute atomic E-state index is 0.0455. The lowest BCUT2D eigenvalue weighted by atomic mass is 9.99. The average Bonchev–Trinajstić information content (AvgIpc) is 2.86. The summed E-state index contributed by atoms with van der Waals surface area (Å²) in [6.45, 7) is 0.870. The Hall–Kier alpha value is -2.11. The molecule has 0 bridgehead atoms. The van der Waals surface area contributed by atoms with Crippen LogP contribution in [-0.2, 0) is 4.79 Å². The number of nitrogens with zero attached hydrogens (tertiary/aromatic N) is 4. The van der Waals surface area contributed by atoms with Gasteiger partial charge in [-0.15, -0.1) is 0 Å². The van der Waals surface area contributed by atoms with E-state index in [0.717, 1.165) is 37.3 Å². The minimum Gasteiger partial charge on any atom is -0.481 e. The molecule has 3 heterocycles. The zero-order chi connectivity index (χ0) is 13.2. The van der Waals surface area contributed by atoms with Crippen LogP contribution in [0.5, 0.6) is 0 Å². The number of carbonyl (C=O) groups is 1. The molecule has 0 aliphatic carbocycles. The molecule has 0 spiro atoms. The summed E-state index contributed by atoms with van der Waals surface area (Å²) in [6, 6.07) is 3.80. The molecule has 6 heteroatoms. The number of carboxylic acid groups (broad SMARTS) is 1. The zero-order valence-corrected chi connectivity index (χ0v) is 10.6. The fraction of sp³-hybridized carbons (Fsp3) is 0.462. The summed E-state index contributed by atoms with van der Waals surface area (Å²) < 4.78 is 1.71. The molecule has 1 N–H and O–H groups in total. The lowest BCUT2D eigenvalue weighted by molar-refractivity contribution is -0.137. The van der Waals surface area contributed by atoms with E-state index in [1.807, 2.05) is 18.3 Å². The highest BCUT2D eigenvalue weighted by atomic mass is 16.4.